The number of benzene rings is 1. The molecule has 1 aromatic rings. The number of amides is 1. The highest BCUT2D eigenvalue weighted by Gasteiger charge is 2.31. The van der Waals surface area contributed by atoms with E-state index in [0.717, 1.165) is 0 Å². The van der Waals surface area contributed by atoms with Crippen LogP contribution in [0.4, 0.5) is 13.2 Å². The normalized spacial score (nSPS) is 11.2. The highest BCUT2D eigenvalue weighted by molar-refractivity contribution is 5.75. The molecule has 0 saturated carbocycles. The third-order valence-electron chi connectivity index (χ3n) is 2.53. The SMILES string of the molecule is CN(C)C(=O)CCNCc1ccccc1OC(F)(F)F. The third kappa shape index (κ3) is 5.92. The van der Waals surface area contributed by atoms with E-state index in [1.54, 1.807) is 26.2 Å². The van der Waals surface area contributed by atoms with Crippen LogP contribution in [0.5, 0.6) is 5.75 Å². The second-order valence-corrected chi connectivity index (χ2v) is 4.37. The molecule has 1 N–H and O–H groups in total. The summed E-state index contributed by atoms with van der Waals surface area (Å²) in [4.78, 5) is 12.8. The lowest BCUT2D eigenvalue weighted by molar-refractivity contribution is -0.274. The molecule has 0 atom stereocenters. The Bertz CT molecular complexity index is 447. The molecule has 0 aliphatic carbocycles. The van der Waals surface area contributed by atoms with Crippen LogP contribution < -0.4 is 10.1 Å². The topological polar surface area (TPSA) is 41.6 Å². The van der Waals surface area contributed by atoms with Crippen LogP contribution in [0.25, 0.3) is 0 Å². The lowest BCUT2D eigenvalue weighted by Crippen LogP contribution is -2.26. The molecule has 7 heteroatoms. The first-order valence-corrected chi connectivity index (χ1v) is 6.04. The summed E-state index contributed by atoms with van der Waals surface area (Å²) in [6.07, 6.45) is -4.42. The number of hydrogen-bond donors (Lipinski definition) is 1. The minimum absolute atomic E-state index is 0.0441. The van der Waals surface area contributed by atoms with Crippen molar-refractivity contribution in [2.75, 3.05) is 20.6 Å². The molecule has 1 amide bonds. The minimum atomic E-state index is -4.71. The van der Waals surface area contributed by atoms with Gasteiger partial charge in [0.1, 0.15) is 5.75 Å². The minimum Gasteiger partial charge on any atom is -0.405 e. The Morgan fingerprint density at radius 1 is 1.30 bits per heavy atom. The number of rotatable bonds is 6. The Morgan fingerprint density at radius 2 is 1.95 bits per heavy atom. The van der Waals surface area contributed by atoms with Crippen LogP contribution >= 0.6 is 0 Å². The summed E-state index contributed by atoms with van der Waals surface area (Å²) in [5, 5.41) is 2.92. The maximum Gasteiger partial charge on any atom is 0.573 e. The largest absolute Gasteiger partial charge is 0.573 e. The van der Waals surface area contributed by atoms with E-state index in [1.165, 1.54) is 17.0 Å². The fraction of sp³-hybridized carbons (Fsp3) is 0.462. The number of nitrogens with one attached hydrogen (secondary N) is 1. The molecule has 0 aliphatic rings. The standard InChI is InChI=1S/C13H17F3N2O2/c1-18(2)12(19)7-8-17-9-10-5-3-4-6-11(10)20-13(14,15)16/h3-6,17H,7-9H2,1-2H3. The van der Waals surface area contributed by atoms with Gasteiger partial charge in [0.15, 0.2) is 0 Å². The first kappa shape index (κ1) is 16.3. The van der Waals surface area contributed by atoms with E-state index < -0.39 is 6.36 Å². The number of halogens is 3. The highest BCUT2D eigenvalue weighted by atomic mass is 19.4. The van der Waals surface area contributed by atoms with Gasteiger partial charge in [-0.25, -0.2) is 0 Å². The summed E-state index contributed by atoms with van der Waals surface area (Å²) in [5.41, 5.74) is 0.391. The van der Waals surface area contributed by atoms with Crippen molar-refractivity contribution >= 4 is 5.91 Å². The highest BCUT2D eigenvalue weighted by Crippen LogP contribution is 2.25. The summed E-state index contributed by atoms with van der Waals surface area (Å²) in [6.45, 7) is 0.588. The number of hydrogen-bond acceptors (Lipinski definition) is 3. The lowest BCUT2D eigenvalue weighted by atomic mass is 10.2. The van der Waals surface area contributed by atoms with Crippen molar-refractivity contribution in [1.82, 2.24) is 10.2 Å². The van der Waals surface area contributed by atoms with Gasteiger partial charge >= 0.3 is 6.36 Å². The molecular formula is C13H17F3N2O2. The Hall–Kier alpha value is -1.76. The monoisotopic (exact) mass is 290 g/mol. The van der Waals surface area contributed by atoms with Gasteiger partial charge in [0.2, 0.25) is 5.91 Å². The van der Waals surface area contributed by atoms with Crippen LogP contribution in [-0.2, 0) is 11.3 Å². The first-order chi connectivity index (χ1) is 9.29. The van der Waals surface area contributed by atoms with Crippen LogP contribution in [-0.4, -0.2) is 37.8 Å². The molecular weight excluding hydrogens is 273 g/mol. The van der Waals surface area contributed by atoms with E-state index >= 15 is 0 Å². The second-order valence-electron chi connectivity index (χ2n) is 4.37. The number of alkyl halides is 3. The average Bonchev–Trinajstić information content (AvgIpc) is 2.34. The molecule has 0 heterocycles. The molecule has 0 spiro atoms. The average molecular weight is 290 g/mol. The summed E-state index contributed by atoms with van der Waals surface area (Å²) < 4.78 is 40.6. The molecule has 0 bridgehead atoms. The fourth-order valence-corrected chi connectivity index (χ4v) is 1.52. The maximum atomic E-state index is 12.2. The molecule has 0 aliphatic heterocycles. The van der Waals surface area contributed by atoms with Crippen molar-refractivity contribution in [3.63, 3.8) is 0 Å². The van der Waals surface area contributed by atoms with Crippen LogP contribution in [0.2, 0.25) is 0 Å². The van der Waals surface area contributed by atoms with Gasteiger partial charge in [-0.2, -0.15) is 0 Å². The number of nitrogens with zero attached hydrogens (tertiary/aromatic N) is 1. The molecule has 0 fully saturated rings. The van der Waals surface area contributed by atoms with E-state index in [9.17, 15) is 18.0 Å². The maximum absolute atomic E-state index is 12.2. The number of carbonyl (C=O) groups excluding carboxylic acids is 1. The van der Waals surface area contributed by atoms with Crippen molar-refractivity contribution in [3.05, 3.63) is 29.8 Å². The molecule has 1 rings (SSSR count). The van der Waals surface area contributed by atoms with Crippen LogP contribution in [0.3, 0.4) is 0 Å². The Labute approximate surface area is 115 Å². The third-order valence-corrected chi connectivity index (χ3v) is 2.53. The van der Waals surface area contributed by atoms with Crippen molar-refractivity contribution in [3.8, 4) is 5.75 Å². The van der Waals surface area contributed by atoms with Crippen molar-refractivity contribution in [1.29, 1.82) is 0 Å². The summed E-state index contributed by atoms with van der Waals surface area (Å²) in [7, 11) is 3.30. The Morgan fingerprint density at radius 3 is 2.55 bits per heavy atom. The smallest absolute Gasteiger partial charge is 0.405 e. The predicted molar refractivity (Wildman–Crippen MR) is 68.1 cm³/mol. The predicted octanol–water partition coefficient (Wildman–Crippen LogP) is 2.15. The van der Waals surface area contributed by atoms with Crippen LogP contribution in [0.15, 0.2) is 24.3 Å². The van der Waals surface area contributed by atoms with Gasteiger partial charge in [0.05, 0.1) is 0 Å². The van der Waals surface area contributed by atoms with Gasteiger partial charge in [-0.15, -0.1) is 13.2 Å². The fourth-order valence-electron chi connectivity index (χ4n) is 1.52. The summed E-state index contributed by atoms with van der Waals surface area (Å²) in [6, 6.07) is 5.91. The van der Waals surface area contributed by atoms with Crippen LogP contribution in [0, 0.1) is 0 Å². The van der Waals surface area contributed by atoms with E-state index in [-0.39, 0.29) is 24.6 Å². The lowest BCUT2D eigenvalue weighted by Gasteiger charge is -2.14. The van der Waals surface area contributed by atoms with Gasteiger partial charge in [0, 0.05) is 39.2 Å². The molecule has 0 aromatic heterocycles. The molecule has 4 nitrogen and oxygen atoms in total. The van der Waals surface area contributed by atoms with Gasteiger partial charge in [-0.1, -0.05) is 18.2 Å². The van der Waals surface area contributed by atoms with Crippen molar-refractivity contribution < 1.29 is 22.7 Å². The van der Waals surface area contributed by atoms with Gasteiger partial charge < -0.3 is 15.0 Å². The molecule has 0 saturated heterocycles. The van der Waals surface area contributed by atoms with Gasteiger partial charge in [0.25, 0.3) is 0 Å². The first-order valence-electron chi connectivity index (χ1n) is 6.04. The van der Waals surface area contributed by atoms with Crippen LogP contribution in [0.1, 0.15) is 12.0 Å². The van der Waals surface area contributed by atoms with E-state index in [4.69, 9.17) is 0 Å². The molecule has 112 valence electrons. The van der Waals surface area contributed by atoms with Gasteiger partial charge in [-0.05, 0) is 6.07 Å². The van der Waals surface area contributed by atoms with Crippen molar-refractivity contribution in [2.45, 2.75) is 19.3 Å². The van der Waals surface area contributed by atoms with Crippen molar-refractivity contribution in [2.24, 2.45) is 0 Å². The second kappa shape index (κ2) is 7.14. The number of carbonyl (C=O) groups is 1. The molecule has 0 radical (unpaired) electrons. The molecule has 1 aromatic carbocycles. The summed E-state index contributed by atoms with van der Waals surface area (Å²) >= 11 is 0. The van der Waals surface area contributed by atoms with E-state index in [0.29, 0.717) is 12.1 Å². The van der Waals surface area contributed by atoms with E-state index in [1.807, 2.05) is 0 Å². The zero-order valence-electron chi connectivity index (χ0n) is 11.3. The van der Waals surface area contributed by atoms with Gasteiger partial charge in [-0.3, -0.25) is 4.79 Å². The number of para-hydroxylation sites is 1. The van der Waals surface area contributed by atoms with E-state index in [2.05, 4.69) is 10.1 Å². The quantitative estimate of drug-likeness (QED) is 0.816. The molecule has 0 unspecified atom stereocenters. The zero-order chi connectivity index (χ0) is 15.2. The summed E-state index contributed by atoms with van der Waals surface area (Å²) in [5.74, 6) is -0.274. The Kier molecular flexibility index (Phi) is 5.82. The molecule has 20 heavy (non-hydrogen) atoms. The Balaban J connectivity index is 2.50. The zero-order valence-corrected chi connectivity index (χ0v) is 11.3. The number of ether oxygens (including phenoxy) is 1.